The van der Waals surface area contributed by atoms with E-state index in [1.54, 1.807) is 6.92 Å². The fourth-order valence-electron chi connectivity index (χ4n) is 1.67. The molecule has 1 aliphatic rings. The molecule has 2 N–H and O–H groups in total. The fourth-order valence-corrected chi connectivity index (χ4v) is 1.67. The van der Waals surface area contributed by atoms with Crippen LogP contribution in [-0.4, -0.2) is 47.7 Å². The molecule has 1 unspecified atom stereocenters. The smallest absolute Gasteiger partial charge is 0.323 e. The second-order valence-electron chi connectivity index (χ2n) is 3.67. The molecule has 0 radical (unpaired) electrons. The summed E-state index contributed by atoms with van der Waals surface area (Å²) in [6.45, 7) is 7.18. The molecule has 13 heavy (non-hydrogen) atoms. The third-order valence-electron chi connectivity index (χ3n) is 2.96. The molecule has 1 heterocycles. The lowest BCUT2D eigenvalue weighted by molar-refractivity contribution is -0.151. The van der Waals surface area contributed by atoms with E-state index in [1.807, 2.05) is 11.8 Å². The van der Waals surface area contributed by atoms with Crippen molar-refractivity contribution < 1.29 is 9.90 Å². The molecule has 0 amide bonds. The maximum absolute atomic E-state index is 11.1. The summed E-state index contributed by atoms with van der Waals surface area (Å²) < 4.78 is 0. The maximum Gasteiger partial charge on any atom is 0.323 e. The van der Waals surface area contributed by atoms with E-state index in [-0.39, 0.29) is 0 Å². The van der Waals surface area contributed by atoms with Gasteiger partial charge in [0.15, 0.2) is 0 Å². The fraction of sp³-hybridized carbons (Fsp3) is 0.889. The number of carboxylic acid groups (broad SMARTS) is 1. The van der Waals surface area contributed by atoms with E-state index in [0.717, 1.165) is 26.2 Å². The van der Waals surface area contributed by atoms with Crippen LogP contribution in [0.25, 0.3) is 0 Å². The van der Waals surface area contributed by atoms with Gasteiger partial charge < -0.3 is 10.4 Å². The lowest BCUT2D eigenvalue weighted by Crippen LogP contribution is -2.58. The molecule has 0 saturated carbocycles. The van der Waals surface area contributed by atoms with Crippen molar-refractivity contribution >= 4 is 5.97 Å². The van der Waals surface area contributed by atoms with Crippen LogP contribution in [0.2, 0.25) is 0 Å². The number of carbonyl (C=O) groups is 1. The van der Waals surface area contributed by atoms with Gasteiger partial charge in [0.25, 0.3) is 0 Å². The Hall–Kier alpha value is -0.610. The largest absolute Gasteiger partial charge is 0.480 e. The third kappa shape index (κ3) is 2.00. The molecule has 1 fully saturated rings. The summed E-state index contributed by atoms with van der Waals surface area (Å²) in [6.07, 6.45) is 0.655. The van der Waals surface area contributed by atoms with Crippen LogP contribution in [0.5, 0.6) is 0 Å². The van der Waals surface area contributed by atoms with Gasteiger partial charge >= 0.3 is 5.97 Å². The van der Waals surface area contributed by atoms with Crippen LogP contribution in [0.1, 0.15) is 20.3 Å². The molecule has 0 aromatic heterocycles. The summed E-state index contributed by atoms with van der Waals surface area (Å²) in [5.41, 5.74) is -0.678. The van der Waals surface area contributed by atoms with Crippen LogP contribution < -0.4 is 5.32 Å². The third-order valence-corrected chi connectivity index (χ3v) is 2.96. The van der Waals surface area contributed by atoms with Crippen molar-refractivity contribution in [3.05, 3.63) is 0 Å². The Balaban J connectivity index is 2.68. The molecule has 1 atom stereocenters. The molecule has 1 saturated heterocycles. The van der Waals surface area contributed by atoms with E-state index in [4.69, 9.17) is 5.11 Å². The lowest BCUT2D eigenvalue weighted by Gasteiger charge is -2.39. The number of carboxylic acids is 1. The van der Waals surface area contributed by atoms with Crippen molar-refractivity contribution in [1.82, 2.24) is 10.2 Å². The molecular weight excluding hydrogens is 168 g/mol. The lowest BCUT2D eigenvalue weighted by atomic mass is 9.96. The van der Waals surface area contributed by atoms with Gasteiger partial charge in [0, 0.05) is 26.2 Å². The van der Waals surface area contributed by atoms with Gasteiger partial charge in [0.05, 0.1) is 0 Å². The van der Waals surface area contributed by atoms with E-state index in [1.165, 1.54) is 0 Å². The molecular formula is C9H18N2O2. The van der Waals surface area contributed by atoms with Crippen molar-refractivity contribution in [1.29, 1.82) is 0 Å². The Bertz CT molecular complexity index is 190. The molecule has 0 aliphatic carbocycles. The molecule has 1 aliphatic heterocycles. The average Bonchev–Trinajstić information content (AvgIpc) is 2.17. The van der Waals surface area contributed by atoms with Gasteiger partial charge in [-0.1, -0.05) is 6.92 Å². The van der Waals surface area contributed by atoms with E-state index < -0.39 is 11.5 Å². The van der Waals surface area contributed by atoms with Gasteiger partial charge in [0.2, 0.25) is 0 Å². The zero-order valence-corrected chi connectivity index (χ0v) is 8.34. The minimum atomic E-state index is -0.711. The highest BCUT2D eigenvalue weighted by molar-refractivity contribution is 5.78. The number of nitrogens with one attached hydrogen (secondary N) is 1. The van der Waals surface area contributed by atoms with Crippen molar-refractivity contribution in [2.24, 2.45) is 0 Å². The molecule has 4 heteroatoms. The summed E-state index contributed by atoms with van der Waals surface area (Å²) >= 11 is 0. The van der Waals surface area contributed by atoms with Crippen molar-refractivity contribution in [3.63, 3.8) is 0 Å². The number of rotatable bonds is 3. The summed E-state index contributed by atoms with van der Waals surface area (Å²) in [5.74, 6) is -0.711. The zero-order valence-electron chi connectivity index (χ0n) is 8.34. The zero-order chi connectivity index (χ0) is 9.90. The second kappa shape index (κ2) is 4.07. The highest BCUT2D eigenvalue weighted by Crippen LogP contribution is 2.19. The van der Waals surface area contributed by atoms with E-state index in [2.05, 4.69) is 5.32 Å². The van der Waals surface area contributed by atoms with Gasteiger partial charge in [-0.15, -0.1) is 0 Å². The first kappa shape index (κ1) is 10.5. The minimum Gasteiger partial charge on any atom is -0.480 e. The normalized spacial score (nSPS) is 23.8. The molecule has 0 spiro atoms. The summed E-state index contributed by atoms with van der Waals surface area (Å²) in [7, 11) is 0. The Morgan fingerprint density at radius 2 is 2.08 bits per heavy atom. The Kier molecular flexibility index (Phi) is 3.27. The molecule has 0 aromatic rings. The highest BCUT2D eigenvalue weighted by Gasteiger charge is 2.37. The van der Waals surface area contributed by atoms with Crippen LogP contribution in [0.15, 0.2) is 0 Å². The number of piperazine rings is 1. The standard InChI is InChI=1S/C9H18N2O2/c1-3-9(2,8(12)13)11-6-4-10-5-7-11/h10H,3-7H2,1-2H3,(H,12,13). The molecule has 0 aromatic carbocycles. The molecule has 0 bridgehead atoms. The highest BCUT2D eigenvalue weighted by atomic mass is 16.4. The number of hydrogen-bond acceptors (Lipinski definition) is 3. The minimum absolute atomic E-state index is 0.655. The van der Waals surface area contributed by atoms with Gasteiger partial charge in [-0.05, 0) is 13.3 Å². The van der Waals surface area contributed by atoms with Gasteiger partial charge in [-0.2, -0.15) is 0 Å². The van der Waals surface area contributed by atoms with Crippen LogP contribution >= 0.6 is 0 Å². The summed E-state index contributed by atoms with van der Waals surface area (Å²) in [5, 5.41) is 12.3. The summed E-state index contributed by atoms with van der Waals surface area (Å²) in [4.78, 5) is 13.1. The Morgan fingerprint density at radius 3 is 2.46 bits per heavy atom. The van der Waals surface area contributed by atoms with Gasteiger partial charge in [0.1, 0.15) is 5.54 Å². The van der Waals surface area contributed by atoms with Crippen LogP contribution in [-0.2, 0) is 4.79 Å². The Morgan fingerprint density at radius 1 is 1.54 bits per heavy atom. The first-order valence-electron chi connectivity index (χ1n) is 4.80. The van der Waals surface area contributed by atoms with Crippen molar-refractivity contribution in [2.45, 2.75) is 25.8 Å². The Labute approximate surface area is 78.9 Å². The van der Waals surface area contributed by atoms with E-state index in [0.29, 0.717) is 6.42 Å². The predicted molar refractivity (Wildman–Crippen MR) is 50.8 cm³/mol. The monoisotopic (exact) mass is 186 g/mol. The summed E-state index contributed by atoms with van der Waals surface area (Å²) in [6, 6.07) is 0. The van der Waals surface area contributed by atoms with Crippen molar-refractivity contribution in [3.8, 4) is 0 Å². The second-order valence-corrected chi connectivity index (χ2v) is 3.67. The first-order valence-corrected chi connectivity index (χ1v) is 4.80. The van der Waals surface area contributed by atoms with E-state index >= 15 is 0 Å². The molecule has 4 nitrogen and oxygen atoms in total. The van der Waals surface area contributed by atoms with Crippen LogP contribution in [0.4, 0.5) is 0 Å². The molecule has 1 rings (SSSR count). The van der Waals surface area contributed by atoms with Gasteiger partial charge in [-0.3, -0.25) is 9.69 Å². The van der Waals surface area contributed by atoms with Crippen molar-refractivity contribution in [2.75, 3.05) is 26.2 Å². The van der Waals surface area contributed by atoms with Crippen LogP contribution in [0, 0.1) is 0 Å². The van der Waals surface area contributed by atoms with Gasteiger partial charge in [-0.25, -0.2) is 0 Å². The first-order chi connectivity index (χ1) is 6.11. The quantitative estimate of drug-likeness (QED) is 0.658. The topological polar surface area (TPSA) is 52.6 Å². The van der Waals surface area contributed by atoms with Crippen LogP contribution in [0.3, 0.4) is 0 Å². The van der Waals surface area contributed by atoms with E-state index in [9.17, 15) is 4.79 Å². The number of hydrogen-bond donors (Lipinski definition) is 2. The molecule has 76 valence electrons. The number of nitrogens with zero attached hydrogens (tertiary/aromatic N) is 1. The average molecular weight is 186 g/mol. The maximum atomic E-state index is 11.1. The predicted octanol–water partition coefficient (Wildman–Crippen LogP) is 0.145. The number of aliphatic carboxylic acids is 1. The SMILES string of the molecule is CCC(C)(C(=O)O)N1CCNCC1.